The number of nitrogens with zero attached hydrogens (tertiary/aromatic N) is 5. The molecule has 12 heteroatoms. The second kappa shape index (κ2) is 8.88. The highest BCUT2D eigenvalue weighted by Gasteiger charge is 2.22. The number of aliphatic hydroxyl groups excluding tert-OH is 1. The minimum Gasteiger partial charge on any atom is -0.433 e. The lowest BCUT2D eigenvalue weighted by molar-refractivity contribution is 0.276. The van der Waals surface area contributed by atoms with Crippen molar-refractivity contribution in [3.05, 3.63) is 47.3 Å². The Bertz CT molecular complexity index is 1330. The number of H-pyrrole nitrogens is 2. The van der Waals surface area contributed by atoms with E-state index < -0.39 is 17.4 Å². The molecule has 10 nitrogen and oxygen atoms in total. The number of aromatic amines is 2. The van der Waals surface area contributed by atoms with Gasteiger partial charge in [0.25, 0.3) is 0 Å². The van der Waals surface area contributed by atoms with E-state index in [1.54, 1.807) is 19.1 Å². The van der Waals surface area contributed by atoms with E-state index in [2.05, 4.69) is 35.4 Å². The van der Waals surface area contributed by atoms with E-state index in [9.17, 15) is 9.50 Å². The number of hydrogen-bond donors (Lipinski definition) is 4. The Morgan fingerprint density at radius 1 is 1.09 bits per heavy atom. The first-order valence-corrected chi connectivity index (χ1v) is 10.8. The topological polar surface area (TPSA) is 118 Å². The van der Waals surface area contributed by atoms with Gasteiger partial charge in [-0.05, 0) is 20.0 Å². The zero-order valence-corrected chi connectivity index (χ0v) is 18.7. The van der Waals surface area contributed by atoms with Crippen LogP contribution >= 0.6 is 0 Å². The first-order chi connectivity index (χ1) is 16.4. The van der Waals surface area contributed by atoms with E-state index in [1.807, 2.05) is 11.9 Å². The summed E-state index contributed by atoms with van der Waals surface area (Å²) in [4.78, 5) is 16.1. The second-order valence-electron chi connectivity index (χ2n) is 8.26. The molecule has 0 unspecified atom stereocenters. The standard InChI is InChI=1S/C22H24F2N8O2/c1-12-7-14-16(25-12)9-15(23)21(20(14)24)34-19-10-17(26-18-8-13(11-33)29-30-18)27-22(28-19)32-5-3-31(2)4-6-32/h7-10,25,33H,3-6,11H2,1-2H3,(H2,26,27,28,29,30). The van der Waals surface area contributed by atoms with E-state index in [1.165, 1.54) is 12.1 Å². The fourth-order valence-corrected chi connectivity index (χ4v) is 3.84. The summed E-state index contributed by atoms with van der Waals surface area (Å²) in [5.41, 5.74) is 1.57. The van der Waals surface area contributed by atoms with E-state index in [-0.39, 0.29) is 17.9 Å². The molecule has 178 valence electrons. The number of piperazine rings is 1. The maximum Gasteiger partial charge on any atom is 0.230 e. The highest BCUT2D eigenvalue weighted by molar-refractivity contribution is 5.83. The fraction of sp³-hybridized carbons (Fsp3) is 0.318. The normalized spacial score (nSPS) is 14.7. The summed E-state index contributed by atoms with van der Waals surface area (Å²) < 4.78 is 35.5. The average molecular weight is 470 g/mol. The van der Waals surface area contributed by atoms with Crippen LogP contribution in [0.5, 0.6) is 11.6 Å². The molecule has 0 aliphatic carbocycles. The van der Waals surface area contributed by atoms with Crippen molar-refractivity contribution in [2.24, 2.45) is 0 Å². The molecule has 34 heavy (non-hydrogen) atoms. The van der Waals surface area contributed by atoms with Crippen LogP contribution in [0.2, 0.25) is 0 Å². The molecule has 0 amide bonds. The van der Waals surface area contributed by atoms with E-state index in [0.717, 1.165) is 13.1 Å². The molecule has 0 radical (unpaired) electrons. The van der Waals surface area contributed by atoms with Gasteiger partial charge in [0.2, 0.25) is 17.6 Å². The molecule has 1 fully saturated rings. The first kappa shape index (κ1) is 22.0. The van der Waals surface area contributed by atoms with Crippen LogP contribution in [-0.4, -0.2) is 68.4 Å². The largest absolute Gasteiger partial charge is 0.433 e. The maximum atomic E-state index is 15.1. The number of nitrogens with one attached hydrogen (secondary N) is 3. The van der Waals surface area contributed by atoms with Gasteiger partial charge >= 0.3 is 0 Å². The minimum absolute atomic E-state index is 0.0197. The summed E-state index contributed by atoms with van der Waals surface area (Å²) in [6.45, 7) is 4.59. The molecule has 5 rings (SSSR count). The summed E-state index contributed by atoms with van der Waals surface area (Å²) in [6.07, 6.45) is 0. The van der Waals surface area contributed by atoms with Crippen LogP contribution < -0.4 is 15.0 Å². The Kier molecular flexibility index (Phi) is 5.75. The molecule has 1 saturated heterocycles. The molecule has 1 aliphatic rings. The highest BCUT2D eigenvalue weighted by Crippen LogP contribution is 2.34. The Morgan fingerprint density at radius 3 is 2.62 bits per heavy atom. The van der Waals surface area contributed by atoms with Gasteiger partial charge in [0.05, 0.1) is 17.8 Å². The van der Waals surface area contributed by atoms with Crippen LogP contribution in [0.3, 0.4) is 0 Å². The van der Waals surface area contributed by atoms with E-state index in [0.29, 0.717) is 47.6 Å². The lowest BCUT2D eigenvalue weighted by Crippen LogP contribution is -2.45. The number of ether oxygens (including phenoxy) is 1. The van der Waals surface area contributed by atoms with Crippen molar-refractivity contribution in [1.29, 1.82) is 0 Å². The summed E-state index contributed by atoms with van der Waals surface area (Å²) in [5.74, 6) is -1.11. The molecule has 1 aromatic carbocycles. The number of likely N-dealkylation sites (N-methyl/N-ethyl adjacent to an activating group) is 1. The van der Waals surface area contributed by atoms with Gasteiger partial charge in [0.1, 0.15) is 5.82 Å². The van der Waals surface area contributed by atoms with Gasteiger partial charge in [-0.3, -0.25) is 5.10 Å². The zero-order chi connectivity index (χ0) is 23.8. The van der Waals surface area contributed by atoms with Crippen molar-refractivity contribution in [3.8, 4) is 11.6 Å². The molecule has 3 aromatic heterocycles. The fourth-order valence-electron chi connectivity index (χ4n) is 3.84. The maximum absolute atomic E-state index is 15.1. The second-order valence-corrected chi connectivity index (χ2v) is 8.26. The predicted octanol–water partition coefficient (Wildman–Crippen LogP) is 3.05. The van der Waals surface area contributed by atoms with Crippen molar-refractivity contribution in [2.45, 2.75) is 13.5 Å². The first-order valence-electron chi connectivity index (χ1n) is 10.8. The number of aromatic nitrogens is 5. The number of aryl methyl sites for hydroxylation is 1. The van der Waals surface area contributed by atoms with Crippen molar-refractivity contribution in [1.82, 2.24) is 30.0 Å². The van der Waals surface area contributed by atoms with Crippen molar-refractivity contribution >= 4 is 28.5 Å². The number of aliphatic hydroxyl groups is 1. The number of halogens is 2. The molecule has 0 bridgehead atoms. The Morgan fingerprint density at radius 2 is 1.88 bits per heavy atom. The number of anilines is 3. The number of benzene rings is 1. The van der Waals surface area contributed by atoms with Crippen molar-refractivity contribution in [2.75, 3.05) is 43.4 Å². The lowest BCUT2D eigenvalue weighted by atomic mass is 10.2. The third-order valence-electron chi connectivity index (χ3n) is 5.65. The Balaban J connectivity index is 1.51. The molecule has 0 atom stereocenters. The van der Waals surface area contributed by atoms with Gasteiger partial charge in [0, 0.05) is 55.5 Å². The number of hydrogen-bond acceptors (Lipinski definition) is 8. The molecule has 1 aliphatic heterocycles. The smallest absolute Gasteiger partial charge is 0.230 e. The third-order valence-corrected chi connectivity index (χ3v) is 5.65. The molecule has 4 N–H and O–H groups in total. The van der Waals surface area contributed by atoms with Crippen molar-refractivity contribution < 1.29 is 18.6 Å². The molecule has 0 spiro atoms. The third kappa shape index (κ3) is 4.37. The van der Waals surface area contributed by atoms with E-state index >= 15 is 4.39 Å². The lowest BCUT2D eigenvalue weighted by Gasteiger charge is -2.32. The van der Waals surface area contributed by atoms with Gasteiger partial charge in [-0.2, -0.15) is 15.1 Å². The predicted molar refractivity (Wildman–Crippen MR) is 123 cm³/mol. The average Bonchev–Trinajstić information content (AvgIpc) is 3.42. The summed E-state index contributed by atoms with van der Waals surface area (Å²) in [6, 6.07) is 5.86. The minimum atomic E-state index is -0.846. The summed E-state index contributed by atoms with van der Waals surface area (Å²) in [7, 11) is 2.03. The quantitative estimate of drug-likeness (QED) is 0.340. The van der Waals surface area contributed by atoms with Gasteiger partial charge in [-0.1, -0.05) is 0 Å². The zero-order valence-electron chi connectivity index (χ0n) is 18.7. The van der Waals surface area contributed by atoms with Crippen LogP contribution in [0.4, 0.5) is 26.4 Å². The van der Waals surface area contributed by atoms with Gasteiger partial charge in [-0.15, -0.1) is 0 Å². The van der Waals surface area contributed by atoms with Crippen molar-refractivity contribution in [3.63, 3.8) is 0 Å². The molecule has 4 heterocycles. The van der Waals surface area contributed by atoms with Gasteiger partial charge in [-0.25, -0.2) is 8.78 Å². The Labute approximate surface area is 193 Å². The molecule has 0 saturated carbocycles. The van der Waals surface area contributed by atoms with E-state index in [4.69, 9.17) is 4.74 Å². The van der Waals surface area contributed by atoms with Crippen LogP contribution in [-0.2, 0) is 6.61 Å². The molecular formula is C22H24F2N8O2. The monoisotopic (exact) mass is 470 g/mol. The van der Waals surface area contributed by atoms with Gasteiger partial charge < -0.3 is 29.9 Å². The highest BCUT2D eigenvalue weighted by atomic mass is 19.1. The van der Waals surface area contributed by atoms with Crippen LogP contribution in [0.1, 0.15) is 11.4 Å². The SMILES string of the molecule is Cc1cc2c(F)c(Oc3cc(Nc4cc(CO)[nH]n4)nc(N4CCN(C)CC4)n3)c(F)cc2[nH]1. The molecule has 4 aromatic rings. The Hall–Kier alpha value is -3.77. The van der Waals surface area contributed by atoms with Crippen LogP contribution in [0.15, 0.2) is 24.3 Å². The summed E-state index contributed by atoms with van der Waals surface area (Å²) >= 11 is 0. The van der Waals surface area contributed by atoms with Crippen LogP contribution in [0.25, 0.3) is 10.9 Å². The van der Waals surface area contributed by atoms with Crippen LogP contribution in [0, 0.1) is 18.6 Å². The number of rotatable bonds is 6. The number of fused-ring (bicyclic) bond motifs is 1. The summed E-state index contributed by atoms with van der Waals surface area (Å²) in [5, 5.41) is 19.3. The van der Waals surface area contributed by atoms with Gasteiger partial charge in [0.15, 0.2) is 17.5 Å². The molecular weight excluding hydrogens is 446 g/mol.